The molecule has 1 heterocycles. The van der Waals surface area contributed by atoms with Crippen molar-refractivity contribution in [3.8, 4) is 12.3 Å². The molecule has 1 atom stereocenters. The topological polar surface area (TPSA) is 60.1 Å². The van der Waals surface area contributed by atoms with Crippen LogP contribution in [0.3, 0.4) is 0 Å². The van der Waals surface area contributed by atoms with E-state index in [4.69, 9.17) is 12.2 Å². The van der Waals surface area contributed by atoms with Crippen molar-refractivity contribution in [3.63, 3.8) is 0 Å². The minimum atomic E-state index is -0.646. The molecular weight excluding hydrogens is 166 g/mol. The second-order valence-corrected chi connectivity index (χ2v) is 2.58. The number of nitrogens with one attached hydrogen (secondary N) is 1. The van der Waals surface area contributed by atoms with E-state index in [-0.39, 0.29) is 12.3 Å². The summed E-state index contributed by atoms with van der Waals surface area (Å²) in [6, 6.07) is 2.95. The number of rotatable bonds is 3. The molecule has 1 amide bonds. The average molecular weight is 177 g/mol. The summed E-state index contributed by atoms with van der Waals surface area (Å²) in [6.07, 6.45) is 8.68. The molecule has 1 aromatic heterocycles. The van der Waals surface area contributed by atoms with Crippen LogP contribution in [0.15, 0.2) is 24.5 Å². The standard InChI is InChI=1S/C9H11N3O/c1-2-5-8(10)9(13)11-12-6-3-4-7-12/h1,3-4,6-8H,5,10H2,(H,11,13). The van der Waals surface area contributed by atoms with Gasteiger partial charge in [-0.2, -0.15) is 0 Å². The molecule has 1 unspecified atom stereocenters. The van der Waals surface area contributed by atoms with E-state index in [0.717, 1.165) is 0 Å². The summed E-state index contributed by atoms with van der Waals surface area (Å²) < 4.78 is 1.53. The zero-order valence-electron chi connectivity index (χ0n) is 7.10. The molecule has 0 fully saturated rings. The molecule has 0 aliphatic heterocycles. The Labute approximate surface area is 76.7 Å². The van der Waals surface area contributed by atoms with Crippen molar-refractivity contribution >= 4 is 5.91 Å². The Morgan fingerprint density at radius 2 is 2.23 bits per heavy atom. The van der Waals surface area contributed by atoms with Crippen molar-refractivity contribution in [1.29, 1.82) is 0 Å². The average Bonchev–Trinajstić information content (AvgIpc) is 2.57. The largest absolute Gasteiger partial charge is 0.319 e. The SMILES string of the molecule is C#CCC(N)C(=O)Nn1cccc1. The number of carbonyl (C=O) groups is 1. The maximum atomic E-state index is 11.2. The summed E-state index contributed by atoms with van der Waals surface area (Å²) in [5.41, 5.74) is 8.04. The molecule has 0 radical (unpaired) electrons. The highest BCUT2D eigenvalue weighted by molar-refractivity contribution is 5.88. The van der Waals surface area contributed by atoms with Gasteiger partial charge in [0.05, 0.1) is 6.04 Å². The zero-order valence-corrected chi connectivity index (χ0v) is 7.10. The maximum absolute atomic E-state index is 11.2. The summed E-state index contributed by atoms with van der Waals surface area (Å²) in [5, 5.41) is 0. The molecule has 4 heteroatoms. The van der Waals surface area contributed by atoms with Crippen molar-refractivity contribution in [3.05, 3.63) is 24.5 Å². The van der Waals surface area contributed by atoms with Crippen molar-refractivity contribution in [1.82, 2.24) is 4.68 Å². The molecule has 68 valence electrons. The van der Waals surface area contributed by atoms with Crippen LogP contribution in [0.1, 0.15) is 6.42 Å². The van der Waals surface area contributed by atoms with Crippen LogP contribution in [0.2, 0.25) is 0 Å². The Bertz CT molecular complexity index is 310. The van der Waals surface area contributed by atoms with Crippen molar-refractivity contribution in [2.45, 2.75) is 12.5 Å². The molecule has 0 aliphatic rings. The van der Waals surface area contributed by atoms with E-state index in [2.05, 4.69) is 11.3 Å². The number of hydrogen-bond donors (Lipinski definition) is 2. The fraction of sp³-hybridized carbons (Fsp3) is 0.222. The summed E-state index contributed by atoms with van der Waals surface area (Å²) >= 11 is 0. The molecule has 3 N–H and O–H groups in total. The molecule has 1 rings (SSSR count). The highest BCUT2D eigenvalue weighted by Gasteiger charge is 2.11. The number of nitrogens with two attached hydrogens (primary N) is 1. The van der Waals surface area contributed by atoms with Crippen LogP contribution in [0, 0.1) is 12.3 Å². The predicted molar refractivity (Wildman–Crippen MR) is 50.2 cm³/mol. The molecule has 4 nitrogen and oxygen atoms in total. The normalized spacial score (nSPS) is 11.7. The fourth-order valence-electron chi connectivity index (χ4n) is 0.839. The molecular formula is C9H11N3O. The Morgan fingerprint density at radius 1 is 1.62 bits per heavy atom. The predicted octanol–water partition coefficient (Wildman–Crippen LogP) is -0.0912. The van der Waals surface area contributed by atoms with Crippen molar-refractivity contribution in [2.24, 2.45) is 5.73 Å². The van der Waals surface area contributed by atoms with Gasteiger partial charge in [-0.25, -0.2) is 0 Å². The number of hydrogen-bond acceptors (Lipinski definition) is 2. The molecule has 0 spiro atoms. The van der Waals surface area contributed by atoms with E-state index in [1.165, 1.54) is 4.68 Å². The molecule has 0 bridgehead atoms. The fourth-order valence-corrected chi connectivity index (χ4v) is 0.839. The quantitative estimate of drug-likeness (QED) is 0.634. The van der Waals surface area contributed by atoms with Gasteiger partial charge >= 0.3 is 0 Å². The van der Waals surface area contributed by atoms with Gasteiger partial charge in [0.2, 0.25) is 0 Å². The van der Waals surface area contributed by atoms with E-state index < -0.39 is 6.04 Å². The first-order valence-electron chi connectivity index (χ1n) is 3.87. The third kappa shape index (κ3) is 2.65. The van der Waals surface area contributed by atoms with Gasteiger partial charge in [0, 0.05) is 18.8 Å². The number of carbonyl (C=O) groups excluding carboxylic acids is 1. The van der Waals surface area contributed by atoms with E-state index in [9.17, 15) is 4.79 Å². The van der Waals surface area contributed by atoms with Crippen molar-refractivity contribution in [2.75, 3.05) is 5.43 Å². The minimum Gasteiger partial charge on any atom is -0.319 e. The second-order valence-electron chi connectivity index (χ2n) is 2.58. The zero-order chi connectivity index (χ0) is 9.68. The van der Waals surface area contributed by atoms with Gasteiger partial charge in [-0.1, -0.05) is 0 Å². The van der Waals surface area contributed by atoms with Crippen LogP contribution in [-0.2, 0) is 4.79 Å². The monoisotopic (exact) mass is 177 g/mol. The second kappa shape index (κ2) is 4.33. The van der Waals surface area contributed by atoms with Crippen LogP contribution >= 0.6 is 0 Å². The Balaban J connectivity index is 2.47. The summed E-state index contributed by atoms with van der Waals surface area (Å²) in [4.78, 5) is 11.2. The first-order chi connectivity index (χ1) is 6.24. The van der Waals surface area contributed by atoms with E-state index in [1.807, 2.05) is 0 Å². The number of amides is 1. The molecule has 1 aromatic rings. The molecule has 0 saturated heterocycles. The van der Waals surface area contributed by atoms with Gasteiger partial charge < -0.3 is 5.73 Å². The van der Waals surface area contributed by atoms with E-state index >= 15 is 0 Å². The molecule has 13 heavy (non-hydrogen) atoms. The highest BCUT2D eigenvalue weighted by atomic mass is 16.2. The lowest BCUT2D eigenvalue weighted by Crippen LogP contribution is -2.38. The minimum absolute atomic E-state index is 0.243. The molecule has 0 aliphatic carbocycles. The van der Waals surface area contributed by atoms with Crippen LogP contribution in [0.5, 0.6) is 0 Å². The Kier molecular flexibility index (Phi) is 3.12. The van der Waals surface area contributed by atoms with Gasteiger partial charge in [0.15, 0.2) is 0 Å². The lowest BCUT2D eigenvalue weighted by Gasteiger charge is -2.09. The van der Waals surface area contributed by atoms with E-state index in [0.29, 0.717) is 0 Å². The smallest absolute Gasteiger partial charge is 0.256 e. The van der Waals surface area contributed by atoms with Gasteiger partial charge in [-0.05, 0) is 12.1 Å². The summed E-state index contributed by atoms with van der Waals surface area (Å²) in [6.45, 7) is 0. The van der Waals surface area contributed by atoms with Crippen molar-refractivity contribution < 1.29 is 4.79 Å². The van der Waals surface area contributed by atoms with Gasteiger partial charge in [-0.15, -0.1) is 12.3 Å². The van der Waals surface area contributed by atoms with E-state index in [1.54, 1.807) is 24.5 Å². The Morgan fingerprint density at radius 3 is 2.77 bits per heavy atom. The number of nitrogens with zero attached hydrogens (tertiary/aromatic N) is 1. The third-order valence-electron chi connectivity index (χ3n) is 1.52. The lowest BCUT2D eigenvalue weighted by molar-refractivity contribution is -0.118. The van der Waals surface area contributed by atoms with Gasteiger partial charge in [0.25, 0.3) is 5.91 Å². The third-order valence-corrected chi connectivity index (χ3v) is 1.52. The maximum Gasteiger partial charge on any atom is 0.256 e. The highest BCUT2D eigenvalue weighted by Crippen LogP contribution is 1.90. The first-order valence-corrected chi connectivity index (χ1v) is 3.87. The Hall–Kier alpha value is -1.73. The molecule has 0 aromatic carbocycles. The molecule has 0 saturated carbocycles. The summed E-state index contributed by atoms with van der Waals surface area (Å²) in [7, 11) is 0. The van der Waals surface area contributed by atoms with Crippen LogP contribution in [0.4, 0.5) is 0 Å². The van der Waals surface area contributed by atoms with Crippen LogP contribution < -0.4 is 11.2 Å². The van der Waals surface area contributed by atoms with Crippen LogP contribution in [0.25, 0.3) is 0 Å². The lowest BCUT2D eigenvalue weighted by atomic mass is 10.2. The van der Waals surface area contributed by atoms with Crippen LogP contribution in [-0.4, -0.2) is 16.6 Å². The number of terminal acetylenes is 1. The van der Waals surface area contributed by atoms with Gasteiger partial charge in [-0.3, -0.25) is 14.9 Å². The summed E-state index contributed by atoms with van der Waals surface area (Å²) in [5.74, 6) is 2.05. The number of aromatic nitrogens is 1. The van der Waals surface area contributed by atoms with Gasteiger partial charge in [0.1, 0.15) is 0 Å². The first kappa shape index (κ1) is 9.36.